The molecular weight excluding hydrogens is 174 g/mol. The number of aliphatic hydroxyl groups excluding tert-OH is 1. The Morgan fingerprint density at radius 1 is 1.29 bits per heavy atom. The highest BCUT2D eigenvalue weighted by atomic mass is 16.2. The zero-order chi connectivity index (χ0) is 10.4. The molecule has 1 rings (SSSR count). The molecule has 1 fully saturated rings. The summed E-state index contributed by atoms with van der Waals surface area (Å²) < 4.78 is 0. The molecule has 0 radical (unpaired) electrons. The van der Waals surface area contributed by atoms with Crippen molar-refractivity contribution in [1.29, 1.82) is 0 Å². The third-order valence-electron chi connectivity index (χ3n) is 3.45. The molecule has 0 spiro atoms. The minimum atomic E-state index is 0.342. The molecule has 0 amide bonds. The molecule has 2 heteroatoms. The largest absolute Gasteiger partial charge is 0.396 e. The van der Waals surface area contributed by atoms with E-state index < -0.39 is 0 Å². The normalized spacial score (nSPS) is 28.3. The van der Waals surface area contributed by atoms with Crippen LogP contribution in [-0.2, 0) is 0 Å². The lowest BCUT2D eigenvalue weighted by atomic mass is 9.86. The Morgan fingerprint density at radius 2 is 2.07 bits per heavy atom. The third-order valence-corrected chi connectivity index (χ3v) is 3.45. The summed E-state index contributed by atoms with van der Waals surface area (Å²) in [7, 11) is 2.24. The lowest BCUT2D eigenvalue weighted by molar-refractivity contribution is 0.158. The highest BCUT2D eigenvalue weighted by Gasteiger charge is 2.21. The quantitative estimate of drug-likeness (QED) is 0.687. The molecule has 0 aromatic rings. The highest BCUT2D eigenvalue weighted by molar-refractivity contribution is 4.76. The molecule has 0 heterocycles. The first kappa shape index (κ1) is 12.0. The molecule has 0 aromatic carbocycles. The van der Waals surface area contributed by atoms with E-state index in [1.165, 1.54) is 25.7 Å². The van der Waals surface area contributed by atoms with Crippen LogP contribution in [0.25, 0.3) is 0 Å². The van der Waals surface area contributed by atoms with Gasteiger partial charge in [-0.3, -0.25) is 0 Å². The Morgan fingerprint density at radius 3 is 2.71 bits per heavy atom. The van der Waals surface area contributed by atoms with Crippen LogP contribution in [0.15, 0.2) is 0 Å². The number of hydrogen-bond acceptors (Lipinski definition) is 2. The van der Waals surface area contributed by atoms with E-state index in [4.69, 9.17) is 5.11 Å². The van der Waals surface area contributed by atoms with Gasteiger partial charge in [0, 0.05) is 12.6 Å². The number of nitrogens with zero attached hydrogens (tertiary/aromatic N) is 1. The third kappa shape index (κ3) is 3.97. The van der Waals surface area contributed by atoms with Gasteiger partial charge in [-0.1, -0.05) is 19.8 Å². The van der Waals surface area contributed by atoms with Gasteiger partial charge >= 0.3 is 0 Å². The van der Waals surface area contributed by atoms with Crippen molar-refractivity contribution < 1.29 is 5.11 Å². The van der Waals surface area contributed by atoms with Crippen molar-refractivity contribution in [3.05, 3.63) is 0 Å². The molecule has 2 atom stereocenters. The fourth-order valence-electron chi connectivity index (χ4n) is 2.46. The van der Waals surface area contributed by atoms with E-state index in [0.717, 1.165) is 31.3 Å². The molecule has 0 aromatic heterocycles. The van der Waals surface area contributed by atoms with E-state index in [2.05, 4.69) is 18.9 Å². The second kappa shape index (κ2) is 6.41. The predicted octanol–water partition coefficient (Wildman–Crippen LogP) is 2.27. The summed E-state index contributed by atoms with van der Waals surface area (Å²) in [6.45, 7) is 3.86. The first-order chi connectivity index (χ1) is 6.74. The predicted molar refractivity (Wildman–Crippen MR) is 60.4 cm³/mol. The molecule has 2 nitrogen and oxygen atoms in total. The molecule has 2 unspecified atom stereocenters. The molecule has 84 valence electrons. The van der Waals surface area contributed by atoms with Crippen LogP contribution in [-0.4, -0.2) is 36.2 Å². The first-order valence-corrected chi connectivity index (χ1v) is 6.05. The molecule has 14 heavy (non-hydrogen) atoms. The molecule has 0 aliphatic heterocycles. The summed E-state index contributed by atoms with van der Waals surface area (Å²) in [5, 5.41) is 8.71. The zero-order valence-electron chi connectivity index (χ0n) is 9.71. The van der Waals surface area contributed by atoms with Gasteiger partial charge in [-0.05, 0) is 45.2 Å². The average molecular weight is 199 g/mol. The maximum absolute atomic E-state index is 8.71. The number of hydrogen-bond donors (Lipinski definition) is 1. The summed E-state index contributed by atoms with van der Waals surface area (Å²) in [6, 6.07) is 0.803. The van der Waals surface area contributed by atoms with E-state index in [0.29, 0.717) is 6.61 Å². The summed E-state index contributed by atoms with van der Waals surface area (Å²) in [5.41, 5.74) is 0. The Labute approximate surface area is 88.3 Å². The number of unbranched alkanes of at least 4 members (excludes halogenated alkanes) is 1. The Bertz CT molecular complexity index is 149. The van der Waals surface area contributed by atoms with Gasteiger partial charge in [-0.2, -0.15) is 0 Å². The lowest BCUT2D eigenvalue weighted by Crippen LogP contribution is -2.36. The van der Waals surface area contributed by atoms with Crippen LogP contribution in [0.5, 0.6) is 0 Å². The smallest absolute Gasteiger partial charge is 0.0431 e. The van der Waals surface area contributed by atoms with Gasteiger partial charge in [0.25, 0.3) is 0 Å². The van der Waals surface area contributed by atoms with Gasteiger partial charge < -0.3 is 10.0 Å². The molecule has 1 aliphatic rings. The van der Waals surface area contributed by atoms with Gasteiger partial charge in [-0.25, -0.2) is 0 Å². The van der Waals surface area contributed by atoms with E-state index in [1.807, 2.05) is 0 Å². The fraction of sp³-hybridized carbons (Fsp3) is 1.00. The molecule has 1 aliphatic carbocycles. The molecular formula is C12H25NO. The Hall–Kier alpha value is -0.0800. The zero-order valence-corrected chi connectivity index (χ0v) is 9.71. The van der Waals surface area contributed by atoms with Crippen molar-refractivity contribution in [2.45, 2.75) is 51.5 Å². The van der Waals surface area contributed by atoms with Gasteiger partial charge in [0.2, 0.25) is 0 Å². The van der Waals surface area contributed by atoms with Crippen LogP contribution in [0.2, 0.25) is 0 Å². The van der Waals surface area contributed by atoms with Crippen LogP contribution in [0.4, 0.5) is 0 Å². The van der Waals surface area contributed by atoms with Crippen molar-refractivity contribution in [2.24, 2.45) is 5.92 Å². The van der Waals surface area contributed by atoms with E-state index in [-0.39, 0.29) is 0 Å². The SMILES string of the molecule is CC1CCCC(N(C)CCCCO)C1. The molecule has 1 N–H and O–H groups in total. The maximum Gasteiger partial charge on any atom is 0.0431 e. The van der Waals surface area contributed by atoms with E-state index >= 15 is 0 Å². The molecule has 1 saturated carbocycles. The topological polar surface area (TPSA) is 23.5 Å². The van der Waals surface area contributed by atoms with Gasteiger partial charge in [0.1, 0.15) is 0 Å². The van der Waals surface area contributed by atoms with Crippen LogP contribution in [0.3, 0.4) is 0 Å². The monoisotopic (exact) mass is 199 g/mol. The van der Waals surface area contributed by atoms with Crippen LogP contribution < -0.4 is 0 Å². The summed E-state index contributed by atoms with van der Waals surface area (Å²) in [6.07, 6.45) is 7.65. The lowest BCUT2D eigenvalue weighted by Gasteiger charge is -2.34. The van der Waals surface area contributed by atoms with Gasteiger partial charge in [0.15, 0.2) is 0 Å². The maximum atomic E-state index is 8.71. The van der Waals surface area contributed by atoms with Crippen molar-refractivity contribution in [1.82, 2.24) is 4.90 Å². The van der Waals surface area contributed by atoms with E-state index in [1.54, 1.807) is 0 Å². The summed E-state index contributed by atoms with van der Waals surface area (Å²) >= 11 is 0. The van der Waals surface area contributed by atoms with Crippen molar-refractivity contribution >= 4 is 0 Å². The van der Waals surface area contributed by atoms with Crippen LogP contribution in [0, 0.1) is 5.92 Å². The summed E-state index contributed by atoms with van der Waals surface area (Å²) in [4.78, 5) is 2.49. The van der Waals surface area contributed by atoms with Gasteiger partial charge in [-0.15, -0.1) is 0 Å². The minimum absolute atomic E-state index is 0.342. The van der Waals surface area contributed by atoms with E-state index in [9.17, 15) is 0 Å². The van der Waals surface area contributed by atoms with Crippen LogP contribution in [0.1, 0.15) is 45.4 Å². The summed E-state index contributed by atoms with van der Waals surface area (Å²) in [5.74, 6) is 0.911. The molecule has 0 bridgehead atoms. The average Bonchev–Trinajstić information content (AvgIpc) is 2.18. The van der Waals surface area contributed by atoms with Crippen molar-refractivity contribution in [2.75, 3.05) is 20.2 Å². The second-order valence-electron chi connectivity index (χ2n) is 4.84. The minimum Gasteiger partial charge on any atom is -0.396 e. The van der Waals surface area contributed by atoms with Crippen molar-refractivity contribution in [3.8, 4) is 0 Å². The van der Waals surface area contributed by atoms with Crippen molar-refractivity contribution in [3.63, 3.8) is 0 Å². The Balaban J connectivity index is 2.18. The van der Waals surface area contributed by atoms with Crippen LogP contribution >= 0.6 is 0 Å². The number of rotatable bonds is 5. The molecule has 0 saturated heterocycles. The van der Waals surface area contributed by atoms with Gasteiger partial charge in [0.05, 0.1) is 0 Å². The highest BCUT2D eigenvalue weighted by Crippen LogP contribution is 2.26. The number of aliphatic hydroxyl groups is 1. The standard InChI is InChI=1S/C12H25NO/c1-11-6-5-7-12(10-11)13(2)8-3-4-9-14/h11-12,14H,3-10H2,1-2H3. The Kier molecular flexibility index (Phi) is 5.49. The second-order valence-corrected chi connectivity index (χ2v) is 4.84. The fourth-order valence-corrected chi connectivity index (χ4v) is 2.46. The first-order valence-electron chi connectivity index (χ1n) is 6.05.